The Hall–Kier alpha value is -3.38. The molecule has 15 heteroatoms. The van der Waals surface area contributed by atoms with E-state index in [2.05, 4.69) is 55.9 Å². The fraction of sp³-hybridized carbons (Fsp3) is 0. The van der Waals surface area contributed by atoms with E-state index in [4.69, 9.17) is 15.3 Å². The molecule has 0 aliphatic carbocycles. The first-order valence-corrected chi connectivity index (χ1v) is 4.93. The lowest BCUT2D eigenvalue weighted by atomic mass is 10.3. The van der Waals surface area contributed by atoms with Crippen LogP contribution in [-0.2, 0) is 4.65 Å². The van der Waals surface area contributed by atoms with E-state index in [0.717, 1.165) is 6.26 Å². The molecule has 0 aliphatic rings. The van der Waals surface area contributed by atoms with Gasteiger partial charge in [0.1, 0.15) is 0 Å². The Balaban J connectivity index is 0.000000254. The van der Waals surface area contributed by atoms with Crippen molar-refractivity contribution in [2.45, 2.75) is 0 Å². The Labute approximate surface area is 117 Å². The Morgan fingerprint density at radius 3 is 1.81 bits per heavy atom. The molecule has 14 nitrogen and oxygen atoms in total. The zero-order valence-corrected chi connectivity index (χ0v) is 10.3. The third-order valence-corrected chi connectivity index (χ3v) is 1.10. The highest BCUT2D eigenvalue weighted by Gasteiger charge is 2.06. The van der Waals surface area contributed by atoms with E-state index in [1.165, 1.54) is 12.7 Å². The minimum atomic E-state index is -1.96. The van der Waals surface area contributed by atoms with Crippen molar-refractivity contribution in [2.75, 3.05) is 0 Å². The fourth-order valence-electron chi connectivity index (χ4n) is 0.521. The fourth-order valence-corrected chi connectivity index (χ4v) is 0.521. The Kier molecular flexibility index (Phi) is 12.3. The molecule has 0 radical (unpaired) electrons. The summed E-state index contributed by atoms with van der Waals surface area (Å²) >= 11 is 0. The summed E-state index contributed by atoms with van der Waals surface area (Å²) in [4.78, 5) is 6.42. The maximum Gasteiger partial charge on any atom is 0.717 e. The lowest BCUT2D eigenvalue weighted by molar-refractivity contribution is 0.267. The zero-order valence-electron chi connectivity index (χ0n) is 10.3. The molecule has 110 valence electrons. The molecule has 3 aromatic rings. The Morgan fingerprint density at radius 1 is 1.10 bits per heavy atom. The molecule has 0 atom stereocenters. The van der Waals surface area contributed by atoms with Gasteiger partial charge in [-0.15, -0.1) is 20.4 Å². The predicted molar refractivity (Wildman–Crippen MR) is 63.8 cm³/mol. The van der Waals surface area contributed by atoms with Crippen molar-refractivity contribution in [3.05, 3.63) is 31.4 Å². The summed E-state index contributed by atoms with van der Waals surface area (Å²) in [7, 11) is -1.96. The summed E-state index contributed by atoms with van der Waals surface area (Å²) in [5.41, 5.74) is 0. The van der Waals surface area contributed by atoms with Crippen molar-refractivity contribution >= 4 is 7.32 Å². The van der Waals surface area contributed by atoms with E-state index in [1.54, 1.807) is 18.7 Å². The quantitative estimate of drug-likeness (QED) is 0.229. The first kappa shape index (κ1) is 17.6. The van der Waals surface area contributed by atoms with Crippen LogP contribution < -0.4 is 0 Å². The second kappa shape index (κ2) is 14.7. The van der Waals surface area contributed by atoms with Gasteiger partial charge in [0, 0.05) is 12.4 Å². The number of tetrazole rings is 2. The van der Waals surface area contributed by atoms with Crippen molar-refractivity contribution in [1.29, 1.82) is 5.26 Å². The SMILES string of the molecule is N#COB(O)O.c1c[nH]cn1.c1nn[nH]n1.c1nn[nH]n1. The van der Waals surface area contributed by atoms with Gasteiger partial charge in [0.25, 0.3) is 6.26 Å². The minimum absolute atomic E-state index is 1.07. The standard InChI is InChI=1S/C3H4N2.CH2BNO3.2CH2N4/c1-2-5-3-4-1;3-1-6-2(4)5;2*1-2-4-5-3-1/h1-3H,(H,4,5);4-5H;2*1H,(H,2,3,4,5). The molecule has 3 rings (SSSR count). The van der Waals surface area contributed by atoms with Crippen LogP contribution >= 0.6 is 0 Å². The van der Waals surface area contributed by atoms with Gasteiger partial charge in [-0.1, -0.05) is 10.4 Å². The molecule has 3 heterocycles. The summed E-state index contributed by atoms with van der Waals surface area (Å²) in [5, 5.41) is 47.1. The number of nitrogens with zero attached hydrogens (tertiary/aromatic N) is 8. The van der Waals surface area contributed by atoms with Gasteiger partial charge in [-0.05, 0) is 0 Å². The predicted octanol–water partition coefficient (Wildman–Crippen LogP) is -2.74. The van der Waals surface area contributed by atoms with Crippen molar-refractivity contribution < 1.29 is 14.7 Å². The van der Waals surface area contributed by atoms with E-state index < -0.39 is 7.32 Å². The molecule has 0 bridgehead atoms. The molecule has 0 amide bonds. The lowest BCUT2D eigenvalue weighted by Gasteiger charge is -1.83. The first-order valence-electron chi connectivity index (χ1n) is 4.93. The summed E-state index contributed by atoms with van der Waals surface area (Å²) in [6.45, 7) is 0. The van der Waals surface area contributed by atoms with E-state index >= 15 is 0 Å². The highest BCUT2D eigenvalue weighted by molar-refractivity contribution is 6.33. The Morgan fingerprint density at radius 2 is 1.71 bits per heavy atom. The van der Waals surface area contributed by atoms with E-state index in [1.807, 2.05) is 0 Å². The molecule has 0 aromatic carbocycles. The number of nitrogens with one attached hydrogen (secondary N) is 3. The highest BCUT2D eigenvalue weighted by atomic mass is 16.6. The number of rotatable bonds is 1. The second-order valence-electron chi connectivity index (χ2n) is 2.42. The number of H-pyrrole nitrogens is 3. The molecule has 0 unspecified atom stereocenters. The molecule has 0 aliphatic heterocycles. The van der Waals surface area contributed by atoms with Gasteiger partial charge in [-0.3, -0.25) is 0 Å². The molecule has 0 saturated heterocycles. The third kappa shape index (κ3) is 16.6. The normalized spacial score (nSPS) is 7.48. The van der Waals surface area contributed by atoms with Crippen LogP contribution in [0.15, 0.2) is 31.4 Å². The van der Waals surface area contributed by atoms with E-state index in [0.29, 0.717) is 0 Å². The zero-order chi connectivity index (χ0) is 15.6. The molecule has 3 aromatic heterocycles. The number of nitriles is 1. The minimum Gasteiger partial charge on any atom is -0.442 e. The Bertz CT molecular complexity index is 393. The lowest BCUT2D eigenvalue weighted by Crippen LogP contribution is -2.12. The van der Waals surface area contributed by atoms with Crippen molar-refractivity contribution in [2.24, 2.45) is 0 Å². The van der Waals surface area contributed by atoms with E-state index in [9.17, 15) is 0 Å². The van der Waals surface area contributed by atoms with Gasteiger partial charge < -0.3 is 19.7 Å². The topological polar surface area (TPSA) is 211 Å². The van der Waals surface area contributed by atoms with Crippen LogP contribution in [0.25, 0.3) is 0 Å². The first-order chi connectivity index (χ1) is 10.3. The average molecular weight is 295 g/mol. The van der Waals surface area contributed by atoms with Gasteiger partial charge in [0.2, 0.25) is 0 Å². The smallest absolute Gasteiger partial charge is 0.442 e. The van der Waals surface area contributed by atoms with Crippen molar-refractivity contribution in [3.8, 4) is 6.26 Å². The third-order valence-electron chi connectivity index (χ3n) is 1.10. The van der Waals surface area contributed by atoms with E-state index in [-0.39, 0.29) is 0 Å². The van der Waals surface area contributed by atoms with Crippen LogP contribution in [0.4, 0.5) is 0 Å². The van der Waals surface area contributed by atoms with Crippen LogP contribution in [0.2, 0.25) is 0 Å². The van der Waals surface area contributed by atoms with Crippen molar-refractivity contribution in [1.82, 2.24) is 51.2 Å². The van der Waals surface area contributed by atoms with Crippen LogP contribution in [0.3, 0.4) is 0 Å². The maximum atomic E-state index is 7.66. The maximum absolute atomic E-state index is 7.66. The number of aromatic nitrogens is 10. The number of hydrogen-bond acceptors (Lipinski definition) is 11. The number of aromatic amines is 3. The molecular weight excluding hydrogens is 285 g/mol. The van der Waals surface area contributed by atoms with Crippen LogP contribution in [0.5, 0.6) is 0 Å². The molecule has 5 N–H and O–H groups in total. The number of imidazole rings is 1. The molecular formula is C6H10BN11O3. The largest absolute Gasteiger partial charge is 0.717 e. The van der Waals surface area contributed by atoms with Gasteiger partial charge in [-0.25, -0.2) is 4.98 Å². The van der Waals surface area contributed by atoms with Crippen LogP contribution in [0.1, 0.15) is 0 Å². The van der Waals surface area contributed by atoms with Crippen LogP contribution in [0, 0.1) is 11.5 Å². The summed E-state index contributed by atoms with van der Waals surface area (Å²) in [6.07, 6.45) is 8.82. The summed E-state index contributed by atoms with van der Waals surface area (Å²) < 4.78 is 3.46. The molecule has 0 saturated carbocycles. The monoisotopic (exact) mass is 295 g/mol. The molecule has 21 heavy (non-hydrogen) atoms. The van der Waals surface area contributed by atoms with Gasteiger partial charge in [0.05, 0.1) is 6.33 Å². The van der Waals surface area contributed by atoms with Crippen LogP contribution in [-0.4, -0.2) is 68.6 Å². The van der Waals surface area contributed by atoms with Crippen molar-refractivity contribution in [3.63, 3.8) is 0 Å². The molecule has 0 spiro atoms. The average Bonchev–Trinajstić information content (AvgIpc) is 3.24. The highest BCUT2D eigenvalue weighted by Crippen LogP contribution is 1.65. The van der Waals surface area contributed by atoms with Gasteiger partial charge in [-0.2, -0.15) is 15.7 Å². The van der Waals surface area contributed by atoms with Gasteiger partial charge in [0.15, 0.2) is 12.7 Å². The number of hydrogen-bond donors (Lipinski definition) is 5. The van der Waals surface area contributed by atoms with Gasteiger partial charge >= 0.3 is 7.32 Å². The summed E-state index contributed by atoms with van der Waals surface area (Å²) in [5.74, 6) is 0. The second-order valence-corrected chi connectivity index (χ2v) is 2.42. The summed E-state index contributed by atoms with van der Waals surface area (Å²) in [6, 6.07) is 0. The molecule has 0 fully saturated rings.